The van der Waals surface area contributed by atoms with Crippen molar-refractivity contribution in [2.24, 2.45) is 0 Å². The maximum Gasteiger partial charge on any atom is 0.273 e. The zero-order chi connectivity index (χ0) is 18.0. The van der Waals surface area contributed by atoms with Crippen molar-refractivity contribution in [2.75, 3.05) is 23.9 Å². The fourth-order valence-corrected chi connectivity index (χ4v) is 3.11. The second-order valence-electron chi connectivity index (χ2n) is 6.00. The molecule has 1 N–H and O–H groups in total. The molecule has 130 valence electrons. The van der Waals surface area contributed by atoms with Crippen molar-refractivity contribution < 1.29 is 14.5 Å². The van der Waals surface area contributed by atoms with Gasteiger partial charge in [-0.25, -0.2) is 0 Å². The van der Waals surface area contributed by atoms with Gasteiger partial charge in [0.2, 0.25) is 5.91 Å². The Kier molecular flexibility index (Phi) is 4.56. The largest absolute Gasteiger partial charge is 0.494 e. The lowest BCUT2D eigenvalue weighted by atomic mass is 10.1. The first kappa shape index (κ1) is 16.8. The van der Waals surface area contributed by atoms with Crippen LogP contribution in [0.2, 0.25) is 0 Å². The number of ether oxygens (including phenoxy) is 1. The van der Waals surface area contributed by atoms with Crippen molar-refractivity contribution in [3.63, 3.8) is 0 Å². The van der Waals surface area contributed by atoms with E-state index >= 15 is 0 Å². The first-order valence-electron chi connectivity index (χ1n) is 7.96. The molecule has 7 heteroatoms. The SMILES string of the molecule is COc1cc([N+](=O)[O-])ccc1NC(=O)CN1c2ccccc2C[C@@H]1C. The Bertz CT molecular complexity index is 822. The number of carbonyl (C=O) groups excluding carboxylic acids is 1. The number of benzene rings is 2. The van der Waals surface area contributed by atoms with Crippen molar-refractivity contribution in [1.82, 2.24) is 0 Å². The molecule has 1 aliphatic heterocycles. The third-order valence-corrected chi connectivity index (χ3v) is 4.33. The number of nitro groups is 1. The number of nitrogens with zero attached hydrogens (tertiary/aromatic N) is 2. The fourth-order valence-electron chi connectivity index (χ4n) is 3.11. The van der Waals surface area contributed by atoms with Crippen molar-refractivity contribution in [3.8, 4) is 5.75 Å². The maximum atomic E-state index is 12.5. The molecule has 0 saturated heterocycles. The Labute approximate surface area is 145 Å². The van der Waals surface area contributed by atoms with Crippen molar-refractivity contribution in [3.05, 3.63) is 58.1 Å². The number of hydrogen-bond donors (Lipinski definition) is 1. The molecular weight excluding hydrogens is 322 g/mol. The van der Waals surface area contributed by atoms with Gasteiger partial charge in [0.25, 0.3) is 5.69 Å². The first-order valence-corrected chi connectivity index (χ1v) is 7.96. The van der Waals surface area contributed by atoms with Crippen molar-refractivity contribution in [2.45, 2.75) is 19.4 Å². The number of carbonyl (C=O) groups is 1. The fraction of sp³-hybridized carbons (Fsp3) is 0.278. The molecule has 0 spiro atoms. The molecule has 0 bridgehead atoms. The van der Waals surface area contributed by atoms with Gasteiger partial charge in [-0.1, -0.05) is 18.2 Å². The highest BCUT2D eigenvalue weighted by molar-refractivity contribution is 5.96. The van der Waals surface area contributed by atoms with E-state index in [9.17, 15) is 14.9 Å². The van der Waals surface area contributed by atoms with Crippen molar-refractivity contribution in [1.29, 1.82) is 0 Å². The van der Waals surface area contributed by atoms with Crippen LogP contribution in [0.3, 0.4) is 0 Å². The number of rotatable bonds is 5. The van der Waals surface area contributed by atoms with Crippen LogP contribution in [-0.4, -0.2) is 30.5 Å². The summed E-state index contributed by atoms with van der Waals surface area (Å²) in [5, 5.41) is 13.6. The molecule has 1 aliphatic rings. The van der Waals surface area contributed by atoms with Crippen LogP contribution in [0, 0.1) is 10.1 Å². The molecule has 0 aliphatic carbocycles. The van der Waals surface area contributed by atoms with E-state index in [1.165, 1.54) is 30.9 Å². The van der Waals surface area contributed by atoms with E-state index in [4.69, 9.17) is 4.74 Å². The van der Waals surface area contributed by atoms with Gasteiger partial charge < -0.3 is 15.0 Å². The number of amides is 1. The number of para-hydroxylation sites is 1. The summed E-state index contributed by atoms with van der Waals surface area (Å²) in [6, 6.07) is 12.4. The molecule has 3 rings (SSSR count). The first-order chi connectivity index (χ1) is 12.0. The van der Waals surface area contributed by atoms with Crippen LogP contribution in [0.4, 0.5) is 17.1 Å². The van der Waals surface area contributed by atoms with E-state index in [0.717, 1.165) is 12.1 Å². The molecule has 0 radical (unpaired) electrons. The van der Waals surface area contributed by atoms with Crippen molar-refractivity contribution >= 4 is 23.0 Å². The van der Waals surface area contributed by atoms with Crippen LogP contribution in [0.15, 0.2) is 42.5 Å². The Morgan fingerprint density at radius 3 is 2.84 bits per heavy atom. The summed E-state index contributed by atoms with van der Waals surface area (Å²) in [7, 11) is 1.41. The molecule has 0 unspecified atom stereocenters. The molecule has 0 fully saturated rings. The average molecular weight is 341 g/mol. The lowest BCUT2D eigenvalue weighted by Crippen LogP contribution is -2.37. The maximum absolute atomic E-state index is 12.5. The third-order valence-electron chi connectivity index (χ3n) is 4.33. The second kappa shape index (κ2) is 6.80. The number of hydrogen-bond acceptors (Lipinski definition) is 5. The monoisotopic (exact) mass is 341 g/mol. The molecule has 2 aromatic rings. The summed E-state index contributed by atoms with van der Waals surface area (Å²) in [5.41, 5.74) is 2.63. The summed E-state index contributed by atoms with van der Waals surface area (Å²) in [4.78, 5) is 24.9. The van der Waals surface area contributed by atoms with Crippen LogP contribution in [0.1, 0.15) is 12.5 Å². The minimum atomic E-state index is -0.503. The second-order valence-corrected chi connectivity index (χ2v) is 6.00. The van der Waals surface area contributed by atoms with E-state index in [-0.39, 0.29) is 29.9 Å². The molecule has 0 aromatic heterocycles. The van der Waals surface area contributed by atoms with Gasteiger partial charge in [-0.3, -0.25) is 14.9 Å². The minimum Gasteiger partial charge on any atom is -0.494 e. The zero-order valence-electron chi connectivity index (χ0n) is 14.1. The number of fused-ring (bicyclic) bond motifs is 1. The number of anilines is 2. The van der Waals surface area contributed by atoms with Crippen LogP contribution >= 0.6 is 0 Å². The number of non-ortho nitro benzene ring substituents is 1. The van der Waals surface area contributed by atoms with E-state index in [2.05, 4.69) is 23.2 Å². The van der Waals surface area contributed by atoms with Gasteiger partial charge in [-0.15, -0.1) is 0 Å². The lowest BCUT2D eigenvalue weighted by molar-refractivity contribution is -0.384. The van der Waals surface area contributed by atoms with E-state index in [0.29, 0.717) is 5.69 Å². The van der Waals surface area contributed by atoms with Crippen LogP contribution in [0.25, 0.3) is 0 Å². The topological polar surface area (TPSA) is 84.7 Å². The summed E-state index contributed by atoms with van der Waals surface area (Å²) in [6.45, 7) is 2.29. The van der Waals surface area contributed by atoms with E-state index in [1.54, 1.807) is 0 Å². The smallest absolute Gasteiger partial charge is 0.273 e. The van der Waals surface area contributed by atoms with Gasteiger partial charge in [0.1, 0.15) is 5.75 Å². The zero-order valence-corrected chi connectivity index (χ0v) is 14.1. The van der Waals surface area contributed by atoms with E-state index in [1.807, 2.05) is 18.2 Å². The average Bonchev–Trinajstić information content (AvgIpc) is 2.90. The van der Waals surface area contributed by atoms with Crippen LogP contribution in [-0.2, 0) is 11.2 Å². The molecule has 2 aromatic carbocycles. The number of methoxy groups -OCH3 is 1. The summed E-state index contributed by atoms with van der Waals surface area (Å²) < 4.78 is 5.15. The van der Waals surface area contributed by atoms with E-state index < -0.39 is 4.92 Å². The number of nitrogens with one attached hydrogen (secondary N) is 1. The quantitative estimate of drug-likeness (QED) is 0.667. The van der Waals surface area contributed by atoms with Gasteiger partial charge in [0, 0.05) is 17.8 Å². The highest BCUT2D eigenvalue weighted by atomic mass is 16.6. The molecule has 1 atom stereocenters. The molecule has 1 amide bonds. The highest BCUT2D eigenvalue weighted by Gasteiger charge is 2.27. The lowest BCUT2D eigenvalue weighted by Gasteiger charge is -2.24. The van der Waals surface area contributed by atoms with Crippen LogP contribution in [0.5, 0.6) is 5.75 Å². The molecule has 7 nitrogen and oxygen atoms in total. The summed E-state index contributed by atoms with van der Waals surface area (Å²) in [5.74, 6) is 0.0631. The molecule has 1 heterocycles. The van der Waals surface area contributed by atoms with Gasteiger partial charge in [-0.05, 0) is 31.0 Å². The van der Waals surface area contributed by atoms with Gasteiger partial charge in [-0.2, -0.15) is 0 Å². The predicted octanol–water partition coefficient (Wildman–Crippen LogP) is 2.99. The Balaban J connectivity index is 1.74. The third kappa shape index (κ3) is 3.40. The molecular formula is C18H19N3O4. The Hall–Kier alpha value is -3.09. The Morgan fingerprint density at radius 1 is 1.36 bits per heavy atom. The van der Waals surface area contributed by atoms with Crippen LogP contribution < -0.4 is 15.0 Å². The molecule has 25 heavy (non-hydrogen) atoms. The van der Waals surface area contributed by atoms with Gasteiger partial charge in [0.15, 0.2) is 0 Å². The molecule has 0 saturated carbocycles. The normalized spacial score (nSPS) is 15.6. The number of nitro benzene ring substituents is 1. The highest BCUT2D eigenvalue weighted by Crippen LogP contribution is 2.32. The standard InChI is InChI=1S/C18H19N3O4/c1-12-9-13-5-3-4-6-16(13)20(12)11-18(22)19-15-8-7-14(21(23)24)10-17(15)25-2/h3-8,10,12H,9,11H2,1-2H3,(H,19,22)/t12-/m0/s1. The minimum absolute atomic E-state index is 0.0862. The summed E-state index contributed by atoms with van der Waals surface area (Å²) >= 11 is 0. The van der Waals surface area contributed by atoms with Gasteiger partial charge >= 0.3 is 0 Å². The van der Waals surface area contributed by atoms with Gasteiger partial charge in [0.05, 0.1) is 30.3 Å². The predicted molar refractivity (Wildman–Crippen MR) is 95.2 cm³/mol. The summed E-state index contributed by atoms with van der Waals surface area (Å²) in [6.07, 6.45) is 0.907. The Morgan fingerprint density at radius 2 is 2.12 bits per heavy atom.